The third-order valence-electron chi connectivity index (χ3n) is 4.45. The lowest BCUT2D eigenvalue weighted by Crippen LogP contribution is -2.33. The molecule has 0 saturated carbocycles. The fraction of sp³-hybridized carbons (Fsp3) is 0.353. The summed E-state index contributed by atoms with van der Waals surface area (Å²) in [6.45, 7) is 2.12. The number of ketones is 1. The average Bonchev–Trinajstić information content (AvgIpc) is 2.95. The van der Waals surface area contributed by atoms with Gasteiger partial charge < -0.3 is 5.32 Å². The first kappa shape index (κ1) is 15.9. The zero-order valence-electron chi connectivity index (χ0n) is 13.4. The van der Waals surface area contributed by atoms with Gasteiger partial charge in [0.2, 0.25) is 11.1 Å². The number of Topliss-reactive ketones (excluding diaryl/α,β-unsaturated/α-hetero) is 1. The molecule has 5 nitrogen and oxygen atoms in total. The average molecular weight is 405 g/mol. The predicted octanol–water partition coefficient (Wildman–Crippen LogP) is 4.03. The fourth-order valence-corrected chi connectivity index (χ4v) is 4.22. The molecule has 0 fully saturated rings. The quantitative estimate of drug-likeness (QED) is 0.765. The van der Waals surface area contributed by atoms with Crippen molar-refractivity contribution in [3.05, 3.63) is 45.6 Å². The van der Waals surface area contributed by atoms with Gasteiger partial charge in [-0.15, -0.1) is 5.10 Å². The molecule has 2 atom stereocenters. The molecule has 0 unspecified atom stereocenters. The van der Waals surface area contributed by atoms with Crippen LogP contribution in [0.1, 0.15) is 31.4 Å². The molecular weight excluding hydrogens is 388 g/mol. The van der Waals surface area contributed by atoms with Crippen molar-refractivity contribution in [3.63, 3.8) is 0 Å². The first-order valence-corrected chi connectivity index (χ1v) is 9.88. The minimum atomic E-state index is -0.220. The molecule has 2 aromatic rings. The fourth-order valence-electron chi connectivity index (χ4n) is 3.46. The Morgan fingerprint density at radius 1 is 1.38 bits per heavy atom. The first-order chi connectivity index (χ1) is 11.6. The van der Waals surface area contributed by atoms with E-state index in [2.05, 4.69) is 44.3 Å². The molecule has 4 rings (SSSR count). The van der Waals surface area contributed by atoms with Crippen LogP contribution in [0.15, 0.2) is 45.2 Å². The molecule has 2 heterocycles. The summed E-state index contributed by atoms with van der Waals surface area (Å²) in [7, 11) is 0. The van der Waals surface area contributed by atoms with Crippen LogP contribution in [0.5, 0.6) is 0 Å². The number of carbonyl (C=O) groups excluding carboxylic acids is 1. The lowest BCUT2D eigenvalue weighted by molar-refractivity contribution is -0.117. The van der Waals surface area contributed by atoms with E-state index in [1.165, 1.54) is 11.8 Å². The van der Waals surface area contributed by atoms with Gasteiger partial charge in [-0.2, -0.15) is 4.98 Å². The number of benzene rings is 1. The summed E-state index contributed by atoms with van der Waals surface area (Å²) in [4.78, 5) is 17.4. The van der Waals surface area contributed by atoms with Gasteiger partial charge in [0.25, 0.3) is 0 Å². The molecule has 1 aliphatic carbocycles. The molecule has 0 bridgehead atoms. The molecule has 0 radical (unpaired) electrons. The van der Waals surface area contributed by atoms with Gasteiger partial charge in [0.05, 0.1) is 0 Å². The summed E-state index contributed by atoms with van der Waals surface area (Å²) < 4.78 is 2.84. The minimum absolute atomic E-state index is 0.202. The Balaban J connectivity index is 1.92. The van der Waals surface area contributed by atoms with E-state index in [9.17, 15) is 4.79 Å². The minimum Gasteiger partial charge on any atom is -0.328 e. The first-order valence-electron chi connectivity index (χ1n) is 7.86. The van der Waals surface area contributed by atoms with E-state index >= 15 is 0 Å². The maximum atomic E-state index is 12.8. The van der Waals surface area contributed by atoms with Gasteiger partial charge in [0.1, 0.15) is 6.04 Å². The molecule has 1 aromatic heterocycles. The number of hydrogen-bond donors (Lipinski definition) is 1. The Labute approximate surface area is 153 Å². The number of anilines is 1. The zero-order chi connectivity index (χ0) is 16.8. The molecule has 124 valence electrons. The number of halogens is 1. The van der Waals surface area contributed by atoms with E-state index in [4.69, 9.17) is 0 Å². The number of carbonyl (C=O) groups is 1. The Morgan fingerprint density at radius 2 is 2.21 bits per heavy atom. The second kappa shape index (κ2) is 6.04. The van der Waals surface area contributed by atoms with Gasteiger partial charge in [-0.25, -0.2) is 4.68 Å². The molecular formula is C17H17BrN4OS. The molecule has 0 amide bonds. The van der Waals surface area contributed by atoms with E-state index in [0.717, 1.165) is 27.7 Å². The number of aromatic nitrogens is 3. The smallest absolute Gasteiger partial charge is 0.227 e. The summed E-state index contributed by atoms with van der Waals surface area (Å²) in [6.07, 6.45) is 3.41. The van der Waals surface area contributed by atoms with E-state index < -0.39 is 0 Å². The second-order valence-corrected chi connectivity index (χ2v) is 7.97. The van der Waals surface area contributed by atoms with Crippen molar-refractivity contribution in [1.29, 1.82) is 0 Å². The van der Waals surface area contributed by atoms with Crippen molar-refractivity contribution in [2.24, 2.45) is 5.92 Å². The zero-order valence-corrected chi connectivity index (χ0v) is 15.8. The summed E-state index contributed by atoms with van der Waals surface area (Å²) in [6, 6.07) is 7.85. The van der Waals surface area contributed by atoms with Gasteiger partial charge >= 0.3 is 0 Å². The van der Waals surface area contributed by atoms with Crippen molar-refractivity contribution in [2.45, 2.75) is 31.0 Å². The third-order valence-corrected chi connectivity index (χ3v) is 5.48. The van der Waals surface area contributed by atoms with Crippen LogP contribution in [0.3, 0.4) is 0 Å². The lowest BCUT2D eigenvalue weighted by Gasteiger charge is -2.34. The number of nitrogens with one attached hydrogen (secondary N) is 1. The number of rotatable bonds is 2. The van der Waals surface area contributed by atoms with E-state index in [1.54, 1.807) is 0 Å². The number of thioether (sulfide) groups is 1. The van der Waals surface area contributed by atoms with Crippen LogP contribution >= 0.6 is 27.7 Å². The predicted molar refractivity (Wildman–Crippen MR) is 98.1 cm³/mol. The van der Waals surface area contributed by atoms with Crippen LogP contribution in [-0.4, -0.2) is 26.8 Å². The van der Waals surface area contributed by atoms with Gasteiger partial charge in [0.15, 0.2) is 5.78 Å². The van der Waals surface area contributed by atoms with Crippen molar-refractivity contribution >= 4 is 39.4 Å². The highest BCUT2D eigenvalue weighted by Gasteiger charge is 2.38. The molecule has 0 spiro atoms. The Morgan fingerprint density at radius 3 is 2.96 bits per heavy atom. The number of hydrogen-bond acceptors (Lipinski definition) is 5. The Kier molecular flexibility index (Phi) is 4.00. The Hall–Kier alpha value is -1.60. The molecule has 1 N–H and O–H groups in total. The van der Waals surface area contributed by atoms with Gasteiger partial charge in [-0.05, 0) is 36.3 Å². The van der Waals surface area contributed by atoms with Crippen molar-refractivity contribution in [3.8, 4) is 0 Å². The summed E-state index contributed by atoms with van der Waals surface area (Å²) in [5, 5.41) is 8.66. The molecule has 7 heteroatoms. The number of nitrogens with zero attached hydrogens (tertiary/aromatic N) is 3. The van der Waals surface area contributed by atoms with Crippen LogP contribution in [0.4, 0.5) is 5.95 Å². The SMILES string of the molecule is CSc1nc2n(n1)[C@@H](c1cccc(Br)c1)C1=C(C[C@H](C)CC1=O)N2. The Bertz CT molecular complexity index is 860. The van der Waals surface area contributed by atoms with Crippen LogP contribution in [-0.2, 0) is 4.79 Å². The standard InChI is InChI=1S/C17H17BrN4OS/c1-9-6-12-14(13(23)7-9)15(10-4-3-5-11(18)8-10)22-16(19-12)20-17(21-22)24-2/h3-5,8-9,15H,6-7H2,1-2H3,(H,19,20,21)/t9-,15-/m0/s1. The lowest BCUT2D eigenvalue weighted by atomic mass is 9.81. The third kappa shape index (κ3) is 2.59. The van der Waals surface area contributed by atoms with Crippen LogP contribution in [0.2, 0.25) is 0 Å². The summed E-state index contributed by atoms with van der Waals surface area (Å²) >= 11 is 5.04. The van der Waals surface area contributed by atoms with Gasteiger partial charge in [-0.1, -0.05) is 46.7 Å². The normalized spacial score (nSPS) is 22.9. The number of allylic oxidation sites excluding steroid dienone is 2. The maximum absolute atomic E-state index is 12.8. The van der Waals surface area contributed by atoms with Crippen molar-refractivity contribution in [1.82, 2.24) is 14.8 Å². The van der Waals surface area contributed by atoms with E-state index in [0.29, 0.717) is 23.4 Å². The summed E-state index contributed by atoms with van der Waals surface area (Å²) in [5.41, 5.74) is 2.87. The van der Waals surface area contributed by atoms with Crippen LogP contribution in [0, 0.1) is 5.92 Å². The monoisotopic (exact) mass is 404 g/mol. The molecule has 2 aliphatic rings. The highest BCUT2D eigenvalue weighted by Crippen LogP contribution is 2.42. The molecule has 1 aromatic carbocycles. The van der Waals surface area contributed by atoms with Crippen molar-refractivity contribution < 1.29 is 4.79 Å². The molecule has 0 saturated heterocycles. The van der Waals surface area contributed by atoms with Crippen LogP contribution in [0.25, 0.3) is 0 Å². The topological polar surface area (TPSA) is 59.8 Å². The van der Waals surface area contributed by atoms with E-state index in [1.807, 2.05) is 29.1 Å². The second-order valence-electron chi connectivity index (χ2n) is 6.28. The largest absolute Gasteiger partial charge is 0.328 e. The molecule has 24 heavy (non-hydrogen) atoms. The highest BCUT2D eigenvalue weighted by atomic mass is 79.9. The summed E-state index contributed by atoms with van der Waals surface area (Å²) in [5.74, 6) is 1.26. The number of fused-ring (bicyclic) bond motifs is 1. The van der Waals surface area contributed by atoms with Crippen LogP contribution < -0.4 is 5.32 Å². The van der Waals surface area contributed by atoms with E-state index in [-0.39, 0.29) is 11.8 Å². The highest BCUT2D eigenvalue weighted by molar-refractivity contribution is 9.10. The molecule has 1 aliphatic heterocycles. The maximum Gasteiger partial charge on any atom is 0.227 e. The van der Waals surface area contributed by atoms with Gasteiger partial charge in [0, 0.05) is 22.2 Å². The van der Waals surface area contributed by atoms with Gasteiger partial charge in [-0.3, -0.25) is 4.79 Å². The van der Waals surface area contributed by atoms with Crippen molar-refractivity contribution in [2.75, 3.05) is 11.6 Å².